The molecule has 1 saturated carbocycles. The largest absolute Gasteiger partial charge is 0.394 e. The Morgan fingerprint density at radius 3 is 2.71 bits per heavy atom. The first kappa shape index (κ1) is 12.5. The van der Waals surface area contributed by atoms with Gasteiger partial charge in [0.05, 0.1) is 17.7 Å². The van der Waals surface area contributed by atoms with E-state index < -0.39 is 5.54 Å². The summed E-state index contributed by atoms with van der Waals surface area (Å²) in [6.07, 6.45) is 2.52. The van der Waals surface area contributed by atoms with Crippen LogP contribution >= 0.6 is 23.2 Å². The highest BCUT2D eigenvalue weighted by Gasteiger charge is 2.38. The van der Waals surface area contributed by atoms with Crippen molar-refractivity contribution in [3.63, 3.8) is 0 Å². The Kier molecular flexibility index (Phi) is 3.51. The molecular weight excluding hydrogens is 265 g/mol. The number of halogens is 2. The summed E-state index contributed by atoms with van der Waals surface area (Å²) in [7, 11) is 0. The van der Waals surface area contributed by atoms with Crippen LogP contribution in [0.5, 0.6) is 0 Å². The molecule has 7 heteroatoms. The summed E-state index contributed by atoms with van der Waals surface area (Å²) in [5.74, 6) is -0.388. The first-order valence-corrected chi connectivity index (χ1v) is 5.94. The van der Waals surface area contributed by atoms with E-state index in [2.05, 4.69) is 15.5 Å². The van der Waals surface area contributed by atoms with E-state index in [1.807, 2.05) is 0 Å². The third kappa shape index (κ3) is 2.51. The summed E-state index contributed by atoms with van der Waals surface area (Å²) in [6, 6.07) is 1.36. The highest BCUT2D eigenvalue weighted by molar-refractivity contribution is 6.34. The van der Waals surface area contributed by atoms with Crippen molar-refractivity contribution in [2.75, 3.05) is 6.61 Å². The number of nitrogens with one attached hydrogen (secondary N) is 1. The standard InChI is InChI=1S/C10H11Cl2N3O2/c11-7-4-6(8(12)15-14-7)9(17)13-10(5-16)2-1-3-10/h4,16H,1-3,5H2,(H,13,17). The number of hydrogen-bond donors (Lipinski definition) is 2. The third-order valence-corrected chi connectivity index (χ3v) is 3.42. The number of aromatic nitrogens is 2. The predicted molar refractivity (Wildman–Crippen MR) is 63.2 cm³/mol. The van der Waals surface area contributed by atoms with Crippen LogP contribution in [0.1, 0.15) is 29.6 Å². The topological polar surface area (TPSA) is 75.1 Å². The lowest BCUT2D eigenvalue weighted by Gasteiger charge is -2.40. The number of aliphatic hydroxyl groups is 1. The molecule has 0 spiro atoms. The van der Waals surface area contributed by atoms with Gasteiger partial charge in [-0.2, -0.15) is 0 Å². The molecule has 0 radical (unpaired) electrons. The average molecular weight is 276 g/mol. The predicted octanol–water partition coefficient (Wildman–Crippen LogP) is 1.43. The van der Waals surface area contributed by atoms with Crippen LogP contribution in [0.2, 0.25) is 10.3 Å². The Hall–Kier alpha value is -0.910. The fourth-order valence-corrected chi connectivity index (χ4v) is 2.07. The zero-order chi connectivity index (χ0) is 12.5. The second-order valence-corrected chi connectivity index (χ2v) is 4.86. The van der Waals surface area contributed by atoms with E-state index in [-0.39, 0.29) is 28.4 Å². The molecule has 0 saturated heterocycles. The molecule has 5 nitrogen and oxygen atoms in total. The van der Waals surface area contributed by atoms with Crippen LogP contribution in [0.3, 0.4) is 0 Å². The molecule has 1 amide bonds. The number of rotatable bonds is 3. The number of nitrogens with zero attached hydrogens (tertiary/aromatic N) is 2. The second kappa shape index (κ2) is 4.76. The summed E-state index contributed by atoms with van der Waals surface area (Å²) >= 11 is 11.4. The van der Waals surface area contributed by atoms with Crippen LogP contribution in [0.15, 0.2) is 6.07 Å². The van der Waals surface area contributed by atoms with E-state index in [0.717, 1.165) is 19.3 Å². The van der Waals surface area contributed by atoms with Crippen molar-refractivity contribution in [3.05, 3.63) is 21.9 Å². The van der Waals surface area contributed by atoms with Crippen molar-refractivity contribution in [2.45, 2.75) is 24.8 Å². The molecule has 92 valence electrons. The van der Waals surface area contributed by atoms with E-state index in [0.29, 0.717) is 0 Å². The number of aliphatic hydroxyl groups excluding tert-OH is 1. The van der Waals surface area contributed by atoms with E-state index in [1.165, 1.54) is 6.07 Å². The minimum atomic E-state index is -0.518. The quantitative estimate of drug-likeness (QED) is 0.875. The van der Waals surface area contributed by atoms with E-state index in [9.17, 15) is 9.90 Å². The maximum atomic E-state index is 12.0. The lowest BCUT2D eigenvalue weighted by atomic mass is 9.77. The van der Waals surface area contributed by atoms with Gasteiger partial charge in [-0.15, -0.1) is 10.2 Å². The van der Waals surface area contributed by atoms with E-state index >= 15 is 0 Å². The molecule has 1 heterocycles. The monoisotopic (exact) mass is 275 g/mol. The van der Waals surface area contributed by atoms with Crippen molar-refractivity contribution in [1.82, 2.24) is 15.5 Å². The Bertz CT molecular complexity index is 444. The van der Waals surface area contributed by atoms with Gasteiger partial charge in [-0.1, -0.05) is 23.2 Å². The number of hydrogen-bond acceptors (Lipinski definition) is 4. The van der Waals surface area contributed by atoms with Crippen LogP contribution in [0.25, 0.3) is 0 Å². The molecule has 1 aliphatic rings. The Balaban J connectivity index is 2.17. The van der Waals surface area contributed by atoms with Crippen LogP contribution in [-0.4, -0.2) is 33.4 Å². The molecule has 2 N–H and O–H groups in total. The van der Waals surface area contributed by atoms with Gasteiger partial charge in [0.15, 0.2) is 10.3 Å². The van der Waals surface area contributed by atoms with Crippen molar-refractivity contribution < 1.29 is 9.90 Å². The van der Waals surface area contributed by atoms with Gasteiger partial charge in [0.1, 0.15) is 0 Å². The first-order chi connectivity index (χ1) is 8.06. The number of carbonyl (C=O) groups excluding carboxylic acids is 1. The lowest BCUT2D eigenvalue weighted by molar-refractivity contribution is 0.0641. The Labute approximate surface area is 108 Å². The molecule has 0 atom stereocenters. The van der Waals surface area contributed by atoms with Gasteiger partial charge in [-0.25, -0.2) is 0 Å². The molecule has 0 bridgehead atoms. The number of amides is 1. The zero-order valence-corrected chi connectivity index (χ0v) is 10.4. The van der Waals surface area contributed by atoms with Crippen LogP contribution in [-0.2, 0) is 0 Å². The summed E-state index contributed by atoms with van der Waals surface area (Å²) in [5, 5.41) is 19.2. The van der Waals surface area contributed by atoms with Gasteiger partial charge in [0, 0.05) is 0 Å². The molecule has 0 aliphatic heterocycles. The van der Waals surface area contributed by atoms with E-state index in [4.69, 9.17) is 23.2 Å². The van der Waals surface area contributed by atoms with Gasteiger partial charge < -0.3 is 10.4 Å². The van der Waals surface area contributed by atoms with Gasteiger partial charge in [0.25, 0.3) is 5.91 Å². The van der Waals surface area contributed by atoms with Crippen molar-refractivity contribution in [1.29, 1.82) is 0 Å². The molecule has 2 rings (SSSR count). The molecule has 0 unspecified atom stereocenters. The summed E-state index contributed by atoms with van der Waals surface area (Å²) in [5.41, 5.74) is -0.345. The SMILES string of the molecule is O=C(NC1(CO)CCC1)c1cc(Cl)nnc1Cl. The Morgan fingerprint density at radius 2 is 2.18 bits per heavy atom. The normalized spacial score (nSPS) is 17.4. The molecular formula is C10H11Cl2N3O2. The van der Waals surface area contributed by atoms with Crippen molar-refractivity contribution >= 4 is 29.1 Å². The van der Waals surface area contributed by atoms with Crippen molar-refractivity contribution in [2.24, 2.45) is 0 Å². The van der Waals surface area contributed by atoms with Gasteiger partial charge in [0.2, 0.25) is 0 Å². The fraction of sp³-hybridized carbons (Fsp3) is 0.500. The van der Waals surface area contributed by atoms with Crippen LogP contribution < -0.4 is 5.32 Å². The van der Waals surface area contributed by atoms with Crippen molar-refractivity contribution in [3.8, 4) is 0 Å². The highest BCUT2D eigenvalue weighted by atomic mass is 35.5. The summed E-state index contributed by atoms with van der Waals surface area (Å²) < 4.78 is 0. The third-order valence-electron chi connectivity index (χ3n) is 2.96. The fourth-order valence-electron chi connectivity index (χ4n) is 1.75. The Morgan fingerprint density at radius 1 is 1.47 bits per heavy atom. The van der Waals surface area contributed by atoms with Gasteiger partial charge in [-0.3, -0.25) is 4.79 Å². The van der Waals surface area contributed by atoms with Crippen LogP contribution in [0.4, 0.5) is 0 Å². The summed E-state index contributed by atoms with van der Waals surface area (Å²) in [6.45, 7) is -0.0808. The second-order valence-electron chi connectivity index (χ2n) is 4.12. The molecule has 17 heavy (non-hydrogen) atoms. The van der Waals surface area contributed by atoms with Gasteiger partial charge in [-0.05, 0) is 25.3 Å². The minimum Gasteiger partial charge on any atom is -0.394 e. The van der Waals surface area contributed by atoms with E-state index in [1.54, 1.807) is 0 Å². The number of carbonyl (C=O) groups is 1. The minimum absolute atomic E-state index is 0.000636. The molecule has 0 aromatic carbocycles. The lowest BCUT2D eigenvalue weighted by Crippen LogP contribution is -2.56. The maximum absolute atomic E-state index is 12.0. The highest BCUT2D eigenvalue weighted by Crippen LogP contribution is 2.31. The molecule has 1 aliphatic carbocycles. The zero-order valence-electron chi connectivity index (χ0n) is 8.91. The molecule has 1 aromatic heterocycles. The van der Waals surface area contributed by atoms with Gasteiger partial charge >= 0.3 is 0 Å². The first-order valence-electron chi connectivity index (χ1n) is 5.18. The summed E-state index contributed by atoms with van der Waals surface area (Å²) in [4.78, 5) is 12.0. The molecule has 1 aromatic rings. The molecule has 1 fully saturated rings. The average Bonchev–Trinajstić information content (AvgIpc) is 2.26. The smallest absolute Gasteiger partial charge is 0.255 e. The van der Waals surface area contributed by atoms with Crippen LogP contribution in [0, 0.1) is 0 Å². The maximum Gasteiger partial charge on any atom is 0.255 e.